The van der Waals surface area contributed by atoms with Crippen molar-refractivity contribution in [2.24, 2.45) is 0 Å². The molecule has 0 amide bonds. The molecule has 0 aromatic heterocycles. The maximum atomic E-state index is 11.0. The van der Waals surface area contributed by atoms with E-state index in [0.717, 1.165) is 21.3 Å². The molecule has 1 fully saturated rings. The molecule has 0 aliphatic carbocycles. The normalized spacial score (nSPS) is 20.1. The van der Waals surface area contributed by atoms with Gasteiger partial charge in [-0.1, -0.05) is 29.8 Å². The molecule has 3 rings (SSSR count). The van der Waals surface area contributed by atoms with Gasteiger partial charge in [0.05, 0.1) is 9.85 Å². The van der Waals surface area contributed by atoms with Gasteiger partial charge in [-0.25, -0.2) is 0 Å². The molecule has 4 nitrogen and oxygen atoms in total. The number of hydrogen-bond acceptors (Lipinski definition) is 4. The highest BCUT2D eigenvalue weighted by Gasteiger charge is 2.30. The van der Waals surface area contributed by atoms with Crippen LogP contribution in [-0.4, -0.2) is 22.9 Å². The zero-order valence-electron chi connectivity index (χ0n) is 12.5. The first kappa shape index (κ1) is 17.6. The van der Waals surface area contributed by atoms with E-state index in [-0.39, 0.29) is 5.37 Å². The minimum absolute atomic E-state index is 0.0206. The SMILES string of the molecule is O=C(O)C1CSC(c2ccc(OCc3ccc(Cl)cc3)c(Br)c2)N1. The Balaban J connectivity index is 1.64. The van der Waals surface area contributed by atoms with Gasteiger partial charge in [0.2, 0.25) is 0 Å². The topological polar surface area (TPSA) is 58.6 Å². The molecule has 0 radical (unpaired) electrons. The Hall–Kier alpha value is -1.21. The Morgan fingerprint density at radius 3 is 2.71 bits per heavy atom. The number of carboxylic acids is 1. The first-order valence-electron chi connectivity index (χ1n) is 7.30. The third kappa shape index (κ3) is 4.25. The molecule has 2 unspecified atom stereocenters. The van der Waals surface area contributed by atoms with Crippen LogP contribution in [0.5, 0.6) is 5.75 Å². The average Bonchev–Trinajstić information content (AvgIpc) is 3.05. The van der Waals surface area contributed by atoms with Gasteiger partial charge < -0.3 is 9.84 Å². The summed E-state index contributed by atoms with van der Waals surface area (Å²) in [5.41, 5.74) is 2.06. The molecule has 0 spiro atoms. The van der Waals surface area contributed by atoms with Crippen LogP contribution in [0.15, 0.2) is 46.9 Å². The second kappa shape index (κ2) is 7.78. The van der Waals surface area contributed by atoms with E-state index < -0.39 is 12.0 Å². The molecular weight excluding hydrogens is 414 g/mol. The third-order valence-corrected chi connectivity index (χ3v) is 5.79. The van der Waals surface area contributed by atoms with Crippen molar-refractivity contribution in [2.45, 2.75) is 18.0 Å². The molecule has 24 heavy (non-hydrogen) atoms. The van der Waals surface area contributed by atoms with Crippen LogP contribution < -0.4 is 10.1 Å². The molecule has 0 saturated carbocycles. The van der Waals surface area contributed by atoms with Crippen LogP contribution in [0.4, 0.5) is 0 Å². The van der Waals surface area contributed by atoms with Gasteiger partial charge >= 0.3 is 5.97 Å². The number of benzene rings is 2. The van der Waals surface area contributed by atoms with Crippen LogP contribution in [0.1, 0.15) is 16.5 Å². The molecule has 1 saturated heterocycles. The maximum absolute atomic E-state index is 11.0. The van der Waals surface area contributed by atoms with Gasteiger partial charge in [0.1, 0.15) is 18.4 Å². The van der Waals surface area contributed by atoms with Crippen molar-refractivity contribution in [2.75, 3.05) is 5.75 Å². The zero-order valence-corrected chi connectivity index (χ0v) is 15.7. The lowest BCUT2D eigenvalue weighted by Crippen LogP contribution is -2.33. The fourth-order valence-corrected chi connectivity index (χ4v) is 4.21. The van der Waals surface area contributed by atoms with E-state index in [2.05, 4.69) is 21.2 Å². The Kier molecular flexibility index (Phi) is 5.71. The third-order valence-electron chi connectivity index (χ3n) is 3.65. The summed E-state index contributed by atoms with van der Waals surface area (Å²) in [6.45, 7) is 0.451. The molecule has 2 aromatic rings. The molecule has 2 aromatic carbocycles. The van der Waals surface area contributed by atoms with Crippen molar-refractivity contribution in [1.29, 1.82) is 0 Å². The van der Waals surface area contributed by atoms with Crippen LogP contribution in [0.25, 0.3) is 0 Å². The molecule has 2 atom stereocenters. The van der Waals surface area contributed by atoms with Crippen LogP contribution >= 0.6 is 39.3 Å². The average molecular weight is 429 g/mol. The van der Waals surface area contributed by atoms with Crippen molar-refractivity contribution in [3.8, 4) is 5.75 Å². The second-order valence-corrected chi connectivity index (χ2v) is 7.80. The summed E-state index contributed by atoms with van der Waals surface area (Å²) in [7, 11) is 0. The summed E-state index contributed by atoms with van der Waals surface area (Å²) < 4.78 is 6.67. The highest BCUT2D eigenvalue weighted by Crippen LogP contribution is 2.36. The lowest BCUT2D eigenvalue weighted by molar-refractivity contribution is -0.138. The summed E-state index contributed by atoms with van der Waals surface area (Å²) in [5, 5.41) is 12.8. The van der Waals surface area contributed by atoms with Crippen LogP contribution in [-0.2, 0) is 11.4 Å². The minimum Gasteiger partial charge on any atom is -0.488 e. The van der Waals surface area contributed by atoms with Gasteiger partial charge in [0.25, 0.3) is 0 Å². The quantitative estimate of drug-likeness (QED) is 0.736. The van der Waals surface area contributed by atoms with E-state index in [4.69, 9.17) is 21.4 Å². The van der Waals surface area contributed by atoms with Gasteiger partial charge in [-0.05, 0) is 51.3 Å². The lowest BCUT2D eigenvalue weighted by atomic mass is 10.2. The van der Waals surface area contributed by atoms with Gasteiger partial charge in [-0.2, -0.15) is 0 Å². The number of nitrogens with one attached hydrogen (secondary N) is 1. The van der Waals surface area contributed by atoms with Crippen molar-refractivity contribution < 1.29 is 14.6 Å². The van der Waals surface area contributed by atoms with Gasteiger partial charge in [-0.15, -0.1) is 11.8 Å². The van der Waals surface area contributed by atoms with E-state index >= 15 is 0 Å². The number of thioether (sulfide) groups is 1. The van der Waals surface area contributed by atoms with E-state index in [1.54, 1.807) is 11.8 Å². The van der Waals surface area contributed by atoms with E-state index in [9.17, 15) is 4.79 Å². The van der Waals surface area contributed by atoms with Crippen LogP contribution in [0.3, 0.4) is 0 Å². The number of hydrogen-bond donors (Lipinski definition) is 2. The highest BCUT2D eigenvalue weighted by atomic mass is 79.9. The van der Waals surface area contributed by atoms with Crippen LogP contribution in [0.2, 0.25) is 5.02 Å². The first-order chi connectivity index (χ1) is 11.5. The number of rotatable bonds is 5. The maximum Gasteiger partial charge on any atom is 0.321 e. The summed E-state index contributed by atoms with van der Waals surface area (Å²) >= 11 is 11.0. The molecule has 126 valence electrons. The van der Waals surface area contributed by atoms with Crippen molar-refractivity contribution in [1.82, 2.24) is 5.32 Å². The summed E-state index contributed by atoms with van der Waals surface area (Å²) in [5.74, 6) is 0.491. The number of halogens is 2. The largest absolute Gasteiger partial charge is 0.488 e. The number of ether oxygens (including phenoxy) is 1. The highest BCUT2D eigenvalue weighted by molar-refractivity contribution is 9.10. The minimum atomic E-state index is -0.813. The lowest BCUT2D eigenvalue weighted by Gasteiger charge is -2.14. The van der Waals surface area contributed by atoms with Crippen molar-refractivity contribution in [3.05, 3.63) is 63.1 Å². The monoisotopic (exact) mass is 427 g/mol. The van der Waals surface area contributed by atoms with E-state index in [0.29, 0.717) is 17.4 Å². The Morgan fingerprint density at radius 2 is 2.08 bits per heavy atom. The Morgan fingerprint density at radius 1 is 1.33 bits per heavy atom. The number of aliphatic carboxylic acids is 1. The summed E-state index contributed by atoms with van der Waals surface area (Å²) in [4.78, 5) is 11.0. The Bertz CT molecular complexity index is 741. The number of carbonyl (C=O) groups is 1. The summed E-state index contributed by atoms with van der Waals surface area (Å²) in [6.07, 6.45) is 0. The molecular formula is C17H15BrClNO3S. The van der Waals surface area contributed by atoms with Crippen LogP contribution in [0, 0.1) is 0 Å². The molecule has 7 heteroatoms. The van der Waals surface area contributed by atoms with Gasteiger partial charge in [-0.3, -0.25) is 10.1 Å². The predicted molar refractivity (Wildman–Crippen MR) is 99.7 cm³/mol. The molecule has 1 heterocycles. The predicted octanol–water partition coefficient (Wildman–Crippen LogP) is 4.47. The Labute approximate surface area is 157 Å². The fourth-order valence-electron chi connectivity index (χ4n) is 2.35. The summed E-state index contributed by atoms with van der Waals surface area (Å²) in [6, 6.07) is 12.8. The second-order valence-electron chi connectivity index (χ2n) is 5.38. The zero-order chi connectivity index (χ0) is 17.1. The standard InChI is InChI=1S/C17H15BrClNO3S/c18-13-7-11(16-20-14(9-24-16)17(21)22)3-6-15(13)23-8-10-1-4-12(19)5-2-10/h1-7,14,16,20H,8-9H2,(H,21,22). The van der Waals surface area contributed by atoms with E-state index in [1.807, 2.05) is 42.5 Å². The number of carboxylic acid groups (broad SMARTS) is 1. The van der Waals surface area contributed by atoms with Gasteiger partial charge in [0.15, 0.2) is 0 Å². The van der Waals surface area contributed by atoms with Crippen molar-refractivity contribution >= 4 is 45.3 Å². The molecule has 0 bridgehead atoms. The first-order valence-corrected chi connectivity index (χ1v) is 9.52. The fraction of sp³-hybridized carbons (Fsp3) is 0.235. The van der Waals surface area contributed by atoms with Crippen molar-refractivity contribution in [3.63, 3.8) is 0 Å². The van der Waals surface area contributed by atoms with E-state index in [1.165, 1.54) is 0 Å². The molecule has 1 aliphatic heterocycles. The van der Waals surface area contributed by atoms with Gasteiger partial charge in [0, 0.05) is 10.8 Å². The molecule has 1 aliphatic rings. The molecule has 2 N–H and O–H groups in total. The smallest absolute Gasteiger partial charge is 0.321 e.